The summed E-state index contributed by atoms with van der Waals surface area (Å²) in [7, 11) is 5.33. The number of aromatic amines is 1. The lowest BCUT2D eigenvalue weighted by Gasteiger charge is -2.42. The SMILES string of the molecule is CC(C)C(C)(c1ccc(-c2cnc(N)nc2)cc1)c1cn(C)c2ncccc12.CC(C)C(C)(c1ccc(-c2cnc(N)nc2)cc1)c1cn(Cc2ccccn2)c2cccc(F)c12.COc1ccc(C2=NN=C(C3(c4ccc(-c5cnc(N)nc5)cc4)CCC3)C2)cn1.COc1nccc2c(C3(c4ccc(-c5cnc(N)nc5)cc4)CCC3)c[nH]c12. The molecule has 0 spiro atoms. The number of anilines is 4. The first-order chi connectivity index (χ1) is 58.7. The summed E-state index contributed by atoms with van der Waals surface area (Å²) in [4.78, 5) is 53.8. The Morgan fingerprint density at radius 3 is 1.43 bits per heavy atom. The fourth-order valence-corrected chi connectivity index (χ4v) is 17.2. The van der Waals surface area contributed by atoms with Crippen molar-refractivity contribution < 1.29 is 13.9 Å². The third-order valence-electron chi connectivity index (χ3n) is 25.1. The number of hydrogen-bond acceptors (Lipinski definition) is 20. The van der Waals surface area contributed by atoms with E-state index in [2.05, 4.69) is 261 Å². The fraction of sp³-hybridized carbons (Fsp3) is 0.237. The summed E-state index contributed by atoms with van der Waals surface area (Å²) >= 11 is 0. The number of nitrogens with zero attached hydrogens (tertiary/aromatic N) is 16. The maximum absolute atomic E-state index is 15.4. The minimum atomic E-state index is -0.425. The van der Waals surface area contributed by atoms with Crippen LogP contribution in [0.1, 0.15) is 137 Å². The second-order valence-electron chi connectivity index (χ2n) is 32.2. The van der Waals surface area contributed by atoms with Crippen molar-refractivity contribution in [1.82, 2.24) is 73.9 Å². The molecule has 1 aliphatic heterocycles. The summed E-state index contributed by atoms with van der Waals surface area (Å²) in [5.41, 5.74) is 45.3. The Balaban J connectivity index is 0.000000120. The second kappa shape index (κ2) is 34.0. The molecule has 19 rings (SSSR count). The van der Waals surface area contributed by atoms with Gasteiger partial charge < -0.3 is 46.5 Å². The monoisotopic (exact) mass is 1610 g/mol. The van der Waals surface area contributed by atoms with Crippen LogP contribution in [0.25, 0.3) is 77.3 Å². The van der Waals surface area contributed by atoms with Crippen LogP contribution in [0, 0.1) is 17.7 Å². The van der Waals surface area contributed by atoms with E-state index in [9.17, 15) is 0 Å². The first-order valence-corrected chi connectivity index (χ1v) is 40.6. The van der Waals surface area contributed by atoms with Gasteiger partial charge >= 0.3 is 0 Å². The van der Waals surface area contributed by atoms with Gasteiger partial charge in [0.2, 0.25) is 35.6 Å². The van der Waals surface area contributed by atoms with Crippen LogP contribution in [0.3, 0.4) is 0 Å². The number of hydrogen-bond donors (Lipinski definition) is 5. The largest absolute Gasteiger partial charge is 0.481 e. The van der Waals surface area contributed by atoms with Crippen LogP contribution in [0.15, 0.2) is 267 Å². The third kappa shape index (κ3) is 15.7. The third-order valence-corrected chi connectivity index (χ3v) is 25.1. The van der Waals surface area contributed by atoms with Crippen molar-refractivity contribution in [2.45, 2.75) is 115 Å². The quantitative estimate of drug-likeness (QED) is 0.0502. The predicted octanol–water partition coefficient (Wildman–Crippen LogP) is 18.7. The summed E-state index contributed by atoms with van der Waals surface area (Å²) < 4.78 is 30.2. The van der Waals surface area contributed by atoms with E-state index in [4.69, 9.17) is 32.4 Å². The molecule has 12 heterocycles. The van der Waals surface area contributed by atoms with Crippen molar-refractivity contribution in [3.8, 4) is 56.3 Å². The zero-order valence-corrected chi connectivity index (χ0v) is 69.2. The zero-order chi connectivity index (χ0) is 84.2. The van der Waals surface area contributed by atoms with Gasteiger partial charge in [-0.3, -0.25) is 4.98 Å². The number of aryl methyl sites for hydroxylation is 1. The Morgan fingerprint density at radius 1 is 0.463 bits per heavy atom. The molecule has 2 atom stereocenters. The van der Waals surface area contributed by atoms with Gasteiger partial charge in [-0.05, 0) is 147 Å². The Bertz CT molecular complexity index is 6370. The van der Waals surface area contributed by atoms with E-state index in [-0.39, 0.29) is 51.8 Å². The van der Waals surface area contributed by atoms with Crippen molar-refractivity contribution in [3.63, 3.8) is 0 Å². The highest BCUT2D eigenvalue weighted by atomic mass is 19.1. The van der Waals surface area contributed by atoms with E-state index in [1.54, 1.807) is 88.3 Å². The van der Waals surface area contributed by atoms with Crippen LogP contribution in [0.4, 0.5) is 28.2 Å². The molecule has 23 nitrogen and oxygen atoms in total. The number of nitrogens with one attached hydrogen (secondary N) is 1. The average Bonchev–Trinajstić information content (AvgIpc) is 1.62. The smallest absolute Gasteiger partial charge is 0.238 e. The van der Waals surface area contributed by atoms with E-state index >= 15 is 4.39 Å². The summed E-state index contributed by atoms with van der Waals surface area (Å²) in [6, 6.07) is 55.7. The minimum absolute atomic E-state index is 0.0265. The van der Waals surface area contributed by atoms with Crippen LogP contribution in [-0.2, 0) is 35.3 Å². The predicted molar refractivity (Wildman–Crippen MR) is 478 cm³/mol. The van der Waals surface area contributed by atoms with Gasteiger partial charge in [-0.25, -0.2) is 59.2 Å². The minimum Gasteiger partial charge on any atom is -0.481 e. The summed E-state index contributed by atoms with van der Waals surface area (Å²) in [5.74, 6) is 2.76. The topological polar surface area (TPSA) is 328 Å². The molecule has 5 aromatic carbocycles. The fourth-order valence-electron chi connectivity index (χ4n) is 17.2. The van der Waals surface area contributed by atoms with Crippen molar-refractivity contribution in [3.05, 3.63) is 313 Å². The van der Waals surface area contributed by atoms with Gasteiger partial charge in [0.1, 0.15) is 17.0 Å². The molecule has 3 aliphatic rings. The van der Waals surface area contributed by atoms with Crippen molar-refractivity contribution >= 4 is 68.1 Å². The number of benzene rings is 5. The zero-order valence-electron chi connectivity index (χ0n) is 69.2. The number of nitrogen functional groups attached to an aromatic ring is 4. The molecule has 24 heteroatoms. The number of fused-ring (bicyclic) bond motifs is 3. The van der Waals surface area contributed by atoms with Gasteiger partial charge in [0.15, 0.2) is 0 Å². The average molecular weight is 1610 g/mol. The molecule has 11 aromatic heterocycles. The first kappa shape index (κ1) is 80.5. The summed E-state index contributed by atoms with van der Waals surface area (Å²) in [6.45, 7) is 14.0. The van der Waals surface area contributed by atoms with Crippen LogP contribution >= 0.6 is 0 Å². The highest BCUT2D eigenvalue weighted by molar-refractivity contribution is 6.18. The number of H-pyrrole nitrogens is 1. The number of pyridine rings is 4. The Morgan fingerprint density at radius 2 is 0.959 bits per heavy atom. The van der Waals surface area contributed by atoms with Gasteiger partial charge in [-0.15, -0.1) is 0 Å². The van der Waals surface area contributed by atoms with E-state index in [0.29, 0.717) is 29.6 Å². The van der Waals surface area contributed by atoms with Crippen LogP contribution in [-0.4, -0.2) is 99.6 Å². The lowest BCUT2D eigenvalue weighted by atomic mass is 9.60. The van der Waals surface area contributed by atoms with Crippen molar-refractivity contribution in [1.29, 1.82) is 0 Å². The normalized spacial score (nSPS) is 14.8. The van der Waals surface area contributed by atoms with Crippen LogP contribution in [0.2, 0.25) is 0 Å². The number of aromatic nitrogens is 15. The molecule has 16 aromatic rings. The lowest BCUT2D eigenvalue weighted by molar-refractivity contribution is 0.304. The highest BCUT2D eigenvalue weighted by Crippen LogP contribution is 2.53. The molecule has 2 unspecified atom stereocenters. The first-order valence-electron chi connectivity index (χ1n) is 40.6. The molecule has 2 aliphatic carbocycles. The molecule has 121 heavy (non-hydrogen) atoms. The van der Waals surface area contributed by atoms with Gasteiger partial charge in [0.25, 0.3) is 0 Å². The molecule has 2 saturated carbocycles. The van der Waals surface area contributed by atoms with Gasteiger partial charge in [0, 0.05) is 178 Å². The maximum Gasteiger partial charge on any atom is 0.238 e. The Kier molecular flexibility index (Phi) is 22.6. The van der Waals surface area contributed by atoms with Gasteiger partial charge in [-0.2, -0.15) is 10.2 Å². The number of ether oxygens (including phenoxy) is 2. The van der Waals surface area contributed by atoms with Gasteiger partial charge in [0.05, 0.1) is 43.4 Å². The van der Waals surface area contributed by atoms with Crippen LogP contribution < -0.4 is 32.4 Å². The van der Waals surface area contributed by atoms with E-state index < -0.39 is 5.41 Å². The summed E-state index contributed by atoms with van der Waals surface area (Å²) in [5, 5.41) is 12.1. The second-order valence-corrected chi connectivity index (χ2v) is 32.2. The molecule has 0 radical (unpaired) electrons. The van der Waals surface area contributed by atoms with Gasteiger partial charge in [-0.1, -0.05) is 164 Å². The standard InChI is InChI=1S/C29H28FN5.C23H22N6O.C23H25N5.C22H21N5O/c1-19(2)29(3,22-12-10-20(11-13-22)21-15-33-28(31)34-16-21)24-18-35(17-23-7-4-5-14-32-23)26-9-6-8-25(30)27(24)26;1-30-21-8-5-16(12-25-21)19-11-20(29-28-19)23(9-2-10-23)18-6-3-15(4-7-18)17-13-26-22(24)27-14-17;1-15(2)23(3,20-14-28(4)21-19(20)6-5-11-25-21)18-9-7-16(8-10-18)17-12-26-22(24)27-13-17;1-28-20-19-17(7-10-24-20)18(13-25-19)22(8-2-9-22)16-5-3-14(4-6-16)15-11-26-21(23)27-12-15/h4-16,18-19H,17H2,1-3H3,(H2,31,33,34);3-8,12-14H,2,9-11H2,1H3,(H2,24,26,27);5-15H,1-4H3,(H2,24,26,27);3-7,10-13,25H,2,8-9H2,1H3,(H2,23,26,27). The molecule has 0 saturated heterocycles. The molecule has 0 amide bonds. The molecular weight excluding hydrogens is 1510 g/mol. The number of halogens is 1. The maximum atomic E-state index is 15.4. The van der Waals surface area contributed by atoms with Crippen LogP contribution in [0.5, 0.6) is 11.8 Å². The Labute approximate surface area is 701 Å². The summed E-state index contributed by atoms with van der Waals surface area (Å²) in [6.07, 6.45) is 35.3. The number of nitrogens with two attached hydrogens (primary N) is 4. The molecular formula is C97H96FN21O2. The van der Waals surface area contributed by atoms with E-state index in [0.717, 1.165) is 127 Å². The van der Waals surface area contributed by atoms with Crippen molar-refractivity contribution in [2.75, 3.05) is 37.2 Å². The lowest BCUT2D eigenvalue weighted by Crippen LogP contribution is -2.42. The van der Waals surface area contributed by atoms with E-state index in [1.165, 1.54) is 51.4 Å². The molecule has 9 N–H and O–H groups in total. The highest BCUT2D eigenvalue weighted by Gasteiger charge is 2.46. The molecule has 0 bridgehead atoms. The number of methoxy groups -OCH3 is 2. The molecule has 2 fully saturated rings. The van der Waals surface area contributed by atoms with Crippen molar-refractivity contribution in [2.24, 2.45) is 29.1 Å². The number of rotatable bonds is 19. The molecule has 608 valence electrons. The Hall–Kier alpha value is -14.3. The van der Waals surface area contributed by atoms with E-state index in [1.807, 2.05) is 54.9 Å².